The zero-order valence-electron chi connectivity index (χ0n) is 15.9. The first-order chi connectivity index (χ1) is 13.5. The lowest BCUT2D eigenvalue weighted by molar-refractivity contribution is -0.0547. The largest absolute Gasteiger partial charge is 0.396 e. The number of aliphatic hydroxyl groups excluding tert-OH is 1. The van der Waals surface area contributed by atoms with E-state index in [1.165, 1.54) is 6.07 Å². The summed E-state index contributed by atoms with van der Waals surface area (Å²) >= 11 is 0. The van der Waals surface area contributed by atoms with E-state index in [2.05, 4.69) is 6.92 Å². The van der Waals surface area contributed by atoms with Crippen LogP contribution < -0.4 is 5.73 Å². The van der Waals surface area contributed by atoms with Gasteiger partial charge >= 0.3 is 0 Å². The summed E-state index contributed by atoms with van der Waals surface area (Å²) in [5.41, 5.74) is 8.50. The van der Waals surface area contributed by atoms with Gasteiger partial charge in [-0.05, 0) is 24.6 Å². The van der Waals surface area contributed by atoms with E-state index in [1.54, 1.807) is 6.07 Å². The Balaban J connectivity index is 1.54. The fourth-order valence-electron chi connectivity index (χ4n) is 3.70. The Morgan fingerprint density at radius 3 is 2.68 bits per heavy atom. The number of benzene rings is 2. The number of nitrogens with zero attached hydrogens (tertiary/aromatic N) is 1. The average Bonchev–Trinajstić information content (AvgIpc) is 2.99. The molecule has 5 nitrogen and oxygen atoms in total. The molecule has 4 rings (SSSR count). The van der Waals surface area contributed by atoms with Crippen molar-refractivity contribution in [2.75, 3.05) is 25.6 Å². The van der Waals surface area contributed by atoms with E-state index in [1.807, 2.05) is 41.0 Å². The van der Waals surface area contributed by atoms with Gasteiger partial charge in [-0.3, -0.25) is 0 Å². The van der Waals surface area contributed by atoms with Crippen LogP contribution in [0.15, 0.2) is 48.5 Å². The highest BCUT2D eigenvalue weighted by Gasteiger charge is 2.38. The van der Waals surface area contributed by atoms with Gasteiger partial charge in [0.15, 0.2) is 0 Å². The topological polar surface area (TPSA) is 69.6 Å². The number of hydrogen-bond acceptors (Lipinski definition) is 4. The summed E-state index contributed by atoms with van der Waals surface area (Å²) in [5, 5.41) is 11.4. The van der Waals surface area contributed by atoms with E-state index in [0.29, 0.717) is 26.4 Å². The first kappa shape index (κ1) is 18.9. The second-order valence-corrected chi connectivity index (χ2v) is 7.78. The molecule has 1 aliphatic heterocycles. The number of nitrogen functional groups attached to an aromatic ring is 1. The van der Waals surface area contributed by atoms with Crippen molar-refractivity contribution in [2.24, 2.45) is 0 Å². The molecule has 1 fully saturated rings. The molecule has 0 unspecified atom stereocenters. The van der Waals surface area contributed by atoms with Crippen LogP contribution in [-0.4, -0.2) is 35.6 Å². The lowest BCUT2D eigenvalue weighted by atomic mass is 9.84. The second-order valence-electron chi connectivity index (χ2n) is 7.78. The van der Waals surface area contributed by atoms with Gasteiger partial charge in [0.25, 0.3) is 0 Å². The standard InChI is InChI=1S/C22H25FN2O3/c1-22(13-28-14-22)21-8-16-7-19(24)18(23)9-20(16)25(21)10-17(26)12-27-11-15-5-3-2-4-6-15/h2-9,17,26H,10-14,24H2,1H3/t17-/m1/s1. The van der Waals surface area contributed by atoms with Gasteiger partial charge in [0, 0.05) is 17.1 Å². The Labute approximate surface area is 163 Å². The molecule has 3 N–H and O–H groups in total. The van der Waals surface area contributed by atoms with Crippen LogP contribution in [0.4, 0.5) is 10.1 Å². The fourth-order valence-corrected chi connectivity index (χ4v) is 3.70. The Kier molecular flexibility index (Phi) is 5.10. The zero-order valence-corrected chi connectivity index (χ0v) is 15.9. The summed E-state index contributed by atoms with van der Waals surface area (Å²) in [7, 11) is 0. The molecule has 0 saturated carbocycles. The number of aliphatic hydroxyl groups is 1. The number of rotatable bonds is 7. The van der Waals surface area contributed by atoms with Crippen molar-refractivity contribution in [3.05, 3.63) is 65.6 Å². The predicted octanol–water partition coefficient (Wildman–Crippen LogP) is 3.23. The van der Waals surface area contributed by atoms with Crippen molar-refractivity contribution < 1.29 is 19.0 Å². The van der Waals surface area contributed by atoms with Gasteiger partial charge in [-0.1, -0.05) is 30.3 Å². The third kappa shape index (κ3) is 3.63. The maximum atomic E-state index is 14.1. The monoisotopic (exact) mass is 384 g/mol. The van der Waals surface area contributed by atoms with Crippen LogP contribution in [0.25, 0.3) is 10.9 Å². The second kappa shape index (κ2) is 7.54. The minimum absolute atomic E-state index is 0.123. The van der Waals surface area contributed by atoms with Gasteiger partial charge in [-0.25, -0.2) is 4.39 Å². The van der Waals surface area contributed by atoms with Crippen molar-refractivity contribution in [3.8, 4) is 0 Å². The minimum atomic E-state index is -0.719. The van der Waals surface area contributed by atoms with Crippen LogP contribution in [-0.2, 0) is 28.0 Å². The van der Waals surface area contributed by atoms with Gasteiger partial charge < -0.3 is 24.9 Å². The number of aromatic nitrogens is 1. The van der Waals surface area contributed by atoms with Crippen LogP contribution in [0.2, 0.25) is 0 Å². The van der Waals surface area contributed by atoms with E-state index in [4.69, 9.17) is 15.2 Å². The van der Waals surface area contributed by atoms with E-state index >= 15 is 0 Å². The number of fused-ring (bicyclic) bond motifs is 1. The lowest BCUT2D eigenvalue weighted by Crippen LogP contribution is -2.45. The Hall–Kier alpha value is -2.41. The van der Waals surface area contributed by atoms with Crippen molar-refractivity contribution in [3.63, 3.8) is 0 Å². The maximum Gasteiger partial charge on any atom is 0.148 e. The number of ether oxygens (including phenoxy) is 2. The molecule has 1 aliphatic rings. The SMILES string of the molecule is CC1(c2cc3cc(N)c(F)cc3n2C[C@@H](O)COCc2ccccc2)COC1. The molecular weight excluding hydrogens is 359 g/mol. The average molecular weight is 384 g/mol. The van der Waals surface area contributed by atoms with Crippen LogP contribution in [0, 0.1) is 5.82 Å². The third-order valence-electron chi connectivity index (χ3n) is 5.29. The van der Waals surface area contributed by atoms with Gasteiger partial charge in [-0.2, -0.15) is 0 Å². The van der Waals surface area contributed by atoms with Crippen molar-refractivity contribution in [1.82, 2.24) is 4.57 Å². The third-order valence-corrected chi connectivity index (χ3v) is 5.29. The molecule has 0 amide bonds. The molecule has 0 radical (unpaired) electrons. The summed E-state index contributed by atoms with van der Waals surface area (Å²) in [6, 6.07) is 14.9. The number of nitrogens with two attached hydrogens (primary N) is 1. The summed E-state index contributed by atoms with van der Waals surface area (Å²) in [4.78, 5) is 0. The number of anilines is 1. The molecule has 1 saturated heterocycles. The maximum absolute atomic E-state index is 14.1. The molecule has 28 heavy (non-hydrogen) atoms. The molecule has 3 aromatic rings. The van der Waals surface area contributed by atoms with Gasteiger partial charge in [0.1, 0.15) is 5.82 Å². The summed E-state index contributed by atoms with van der Waals surface area (Å²) in [5.74, 6) is -0.455. The molecule has 2 heterocycles. The van der Waals surface area contributed by atoms with E-state index in [9.17, 15) is 9.50 Å². The highest BCUT2D eigenvalue weighted by Crippen LogP contribution is 2.36. The summed E-state index contributed by atoms with van der Waals surface area (Å²) < 4.78 is 27.2. The zero-order chi connectivity index (χ0) is 19.7. The number of halogens is 1. The first-order valence-electron chi connectivity index (χ1n) is 9.42. The lowest BCUT2D eigenvalue weighted by Gasteiger charge is -2.39. The van der Waals surface area contributed by atoms with Crippen LogP contribution in [0.1, 0.15) is 18.2 Å². The Morgan fingerprint density at radius 2 is 2.00 bits per heavy atom. The van der Waals surface area contributed by atoms with Crippen LogP contribution in [0.5, 0.6) is 0 Å². The molecule has 1 atom stereocenters. The normalized spacial score (nSPS) is 16.8. The molecule has 2 aromatic carbocycles. The van der Waals surface area contributed by atoms with Gasteiger partial charge in [-0.15, -0.1) is 0 Å². The van der Waals surface area contributed by atoms with Crippen molar-refractivity contribution in [2.45, 2.75) is 31.6 Å². The minimum Gasteiger partial charge on any atom is -0.396 e. The Morgan fingerprint density at radius 1 is 1.25 bits per heavy atom. The van der Waals surface area contributed by atoms with E-state index < -0.39 is 11.9 Å². The van der Waals surface area contributed by atoms with Crippen molar-refractivity contribution in [1.29, 1.82) is 0 Å². The van der Waals surface area contributed by atoms with Gasteiger partial charge in [0.05, 0.1) is 55.7 Å². The van der Waals surface area contributed by atoms with E-state index in [0.717, 1.165) is 22.2 Å². The molecule has 0 spiro atoms. The number of hydrogen-bond donors (Lipinski definition) is 2. The molecule has 6 heteroatoms. The molecule has 0 aliphatic carbocycles. The summed E-state index contributed by atoms with van der Waals surface area (Å²) in [6.07, 6.45) is -0.719. The smallest absolute Gasteiger partial charge is 0.148 e. The predicted molar refractivity (Wildman–Crippen MR) is 107 cm³/mol. The molecule has 1 aromatic heterocycles. The summed E-state index contributed by atoms with van der Waals surface area (Å²) in [6.45, 7) is 4.25. The van der Waals surface area contributed by atoms with Crippen LogP contribution in [0.3, 0.4) is 0 Å². The van der Waals surface area contributed by atoms with E-state index in [-0.39, 0.29) is 17.7 Å². The quantitative estimate of drug-likeness (QED) is 0.614. The Bertz CT molecular complexity index is 967. The van der Waals surface area contributed by atoms with Gasteiger partial charge in [0.2, 0.25) is 0 Å². The highest BCUT2D eigenvalue weighted by atomic mass is 19.1. The molecule has 0 bridgehead atoms. The van der Waals surface area contributed by atoms with Crippen LogP contribution >= 0.6 is 0 Å². The molecular formula is C22H25FN2O3. The fraction of sp³-hybridized carbons (Fsp3) is 0.364. The highest BCUT2D eigenvalue weighted by molar-refractivity contribution is 5.85. The molecule has 148 valence electrons. The van der Waals surface area contributed by atoms with Crippen molar-refractivity contribution >= 4 is 16.6 Å². The first-order valence-corrected chi connectivity index (χ1v) is 9.42.